The Bertz CT molecular complexity index is 1080. The second-order valence-electron chi connectivity index (χ2n) is 8.32. The van der Waals surface area contributed by atoms with Gasteiger partial charge in [-0.25, -0.2) is 4.79 Å². The van der Waals surface area contributed by atoms with Gasteiger partial charge in [0.15, 0.2) is 0 Å². The number of hydrogen-bond donors (Lipinski definition) is 2. The summed E-state index contributed by atoms with van der Waals surface area (Å²) in [5.74, 6) is -0.683. The van der Waals surface area contributed by atoms with Crippen molar-refractivity contribution in [3.8, 4) is 11.5 Å². The third-order valence-electron chi connectivity index (χ3n) is 4.99. The van der Waals surface area contributed by atoms with Crippen LogP contribution in [0.5, 0.6) is 11.5 Å². The number of nitrogens with zero attached hydrogens (tertiary/aromatic N) is 1. The number of carboxylic acids is 1. The Morgan fingerprint density at radius 1 is 1.12 bits per heavy atom. The maximum atomic E-state index is 13.2. The van der Waals surface area contributed by atoms with E-state index in [1.165, 1.54) is 26.0 Å². The van der Waals surface area contributed by atoms with Crippen LogP contribution in [0.3, 0.4) is 0 Å². The largest absolute Gasteiger partial charge is 0.496 e. The molecular formula is C23H28N2O6S. The molecule has 2 aromatic carbocycles. The number of carbonyl (C=O) groups excluding carboxylic acids is 1. The number of fused-ring (bicyclic) bond motifs is 2. The molecule has 0 unspecified atom stereocenters. The molecule has 0 spiro atoms. The van der Waals surface area contributed by atoms with Gasteiger partial charge in [0.05, 0.1) is 36.9 Å². The fraction of sp³-hybridized carbons (Fsp3) is 0.391. The topological polar surface area (TPSA) is 111 Å². The summed E-state index contributed by atoms with van der Waals surface area (Å²) in [6.45, 7) is 5.63. The second-order valence-corrected chi connectivity index (χ2v) is 9.34. The molecule has 3 rings (SSSR count). The average molecular weight is 461 g/mol. The number of rotatable bonds is 6. The predicted octanol–water partition coefficient (Wildman–Crippen LogP) is 3.98. The van der Waals surface area contributed by atoms with Gasteiger partial charge < -0.3 is 30.0 Å². The van der Waals surface area contributed by atoms with Gasteiger partial charge in [-0.2, -0.15) is 0 Å². The molecule has 0 bridgehead atoms. The van der Waals surface area contributed by atoms with E-state index in [2.05, 4.69) is 0 Å². The molecule has 1 heterocycles. The van der Waals surface area contributed by atoms with E-state index in [9.17, 15) is 14.7 Å². The van der Waals surface area contributed by atoms with Gasteiger partial charge in [0, 0.05) is 24.1 Å². The van der Waals surface area contributed by atoms with Gasteiger partial charge in [-0.1, -0.05) is 11.8 Å². The number of nitrogens with two attached hydrogens (primary N) is 1. The van der Waals surface area contributed by atoms with E-state index in [0.29, 0.717) is 32.4 Å². The van der Waals surface area contributed by atoms with E-state index in [-0.39, 0.29) is 13.0 Å². The lowest BCUT2D eigenvalue weighted by atomic mass is 10.0. The van der Waals surface area contributed by atoms with Gasteiger partial charge in [-0.3, -0.25) is 4.79 Å². The molecule has 0 atom stereocenters. The van der Waals surface area contributed by atoms with Crippen molar-refractivity contribution in [2.75, 3.05) is 26.2 Å². The average Bonchev–Trinajstić information content (AvgIpc) is 2.71. The van der Waals surface area contributed by atoms with Crippen molar-refractivity contribution >= 4 is 35.1 Å². The molecule has 0 saturated carbocycles. The highest BCUT2D eigenvalue weighted by Crippen LogP contribution is 2.55. The van der Waals surface area contributed by atoms with Crippen molar-refractivity contribution in [1.29, 1.82) is 0 Å². The highest BCUT2D eigenvalue weighted by molar-refractivity contribution is 8.00. The van der Waals surface area contributed by atoms with Crippen LogP contribution in [0.2, 0.25) is 0 Å². The molecule has 8 nitrogen and oxygen atoms in total. The Balaban J connectivity index is 2.29. The first-order valence-corrected chi connectivity index (χ1v) is 10.8. The molecule has 0 amide bonds. The Hall–Kier alpha value is -2.91. The van der Waals surface area contributed by atoms with Crippen molar-refractivity contribution in [2.24, 2.45) is 5.73 Å². The normalized spacial score (nSPS) is 12.7. The quantitative estimate of drug-likeness (QED) is 0.618. The molecule has 9 heteroatoms. The molecule has 2 aromatic rings. The third kappa shape index (κ3) is 4.35. The third-order valence-corrected chi connectivity index (χ3v) is 6.25. The minimum atomic E-state index is -0.988. The lowest BCUT2D eigenvalue weighted by Crippen LogP contribution is -2.26. The molecule has 0 radical (unpaired) electrons. The number of anilines is 2. The van der Waals surface area contributed by atoms with Gasteiger partial charge in [-0.05, 0) is 44.5 Å². The van der Waals surface area contributed by atoms with Crippen molar-refractivity contribution in [3.05, 3.63) is 34.9 Å². The molecule has 1 aliphatic rings. The predicted molar refractivity (Wildman–Crippen MR) is 123 cm³/mol. The lowest BCUT2D eigenvalue weighted by molar-refractivity contribution is -0.136. The summed E-state index contributed by atoms with van der Waals surface area (Å²) in [4.78, 5) is 28.0. The summed E-state index contributed by atoms with van der Waals surface area (Å²) < 4.78 is 16.6. The maximum Gasteiger partial charge on any atom is 0.343 e. The van der Waals surface area contributed by atoms with E-state index < -0.39 is 17.5 Å². The highest BCUT2D eigenvalue weighted by Gasteiger charge is 2.34. The number of aliphatic carboxylic acids is 1. The molecule has 0 fully saturated rings. The van der Waals surface area contributed by atoms with E-state index in [0.717, 1.165) is 16.9 Å². The zero-order valence-electron chi connectivity index (χ0n) is 19.1. The van der Waals surface area contributed by atoms with E-state index in [4.69, 9.17) is 19.9 Å². The minimum Gasteiger partial charge on any atom is -0.496 e. The fourth-order valence-electron chi connectivity index (χ4n) is 3.68. The van der Waals surface area contributed by atoms with Crippen LogP contribution in [0.15, 0.2) is 28.0 Å². The molecule has 0 saturated heterocycles. The van der Waals surface area contributed by atoms with Crippen LogP contribution in [0.1, 0.15) is 42.3 Å². The van der Waals surface area contributed by atoms with E-state index in [1.807, 2.05) is 18.0 Å². The van der Waals surface area contributed by atoms with Gasteiger partial charge in [0.2, 0.25) is 0 Å². The van der Waals surface area contributed by atoms with Crippen molar-refractivity contribution < 1.29 is 28.9 Å². The van der Waals surface area contributed by atoms with Gasteiger partial charge in [-0.15, -0.1) is 0 Å². The van der Waals surface area contributed by atoms with Gasteiger partial charge in [0.25, 0.3) is 0 Å². The maximum absolute atomic E-state index is 13.2. The first-order chi connectivity index (χ1) is 15.0. The zero-order valence-corrected chi connectivity index (χ0v) is 19.9. The van der Waals surface area contributed by atoms with Crippen molar-refractivity contribution in [1.82, 2.24) is 0 Å². The summed E-state index contributed by atoms with van der Waals surface area (Å²) in [6.07, 6.45) is -0.238. The van der Waals surface area contributed by atoms with Crippen LogP contribution in [0.4, 0.5) is 11.4 Å². The summed E-state index contributed by atoms with van der Waals surface area (Å²) in [5.41, 5.74) is 8.51. The Labute approximate surface area is 191 Å². The molecular weight excluding hydrogens is 432 g/mol. The van der Waals surface area contributed by atoms with E-state index >= 15 is 0 Å². The first kappa shape index (κ1) is 23.7. The van der Waals surface area contributed by atoms with Crippen molar-refractivity contribution in [2.45, 2.75) is 49.1 Å². The van der Waals surface area contributed by atoms with Crippen LogP contribution < -0.4 is 20.1 Å². The van der Waals surface area contributed by atoms with Crippen LogP contribution in [-0.2, 0) is 22.5 Å². The number of methoxy groups -OCH3 is 2. The number of benzene rings is 2. The Kier molecular flexibility index (Phi) is 6.61. The fourth-order valence-corrected chi connectivity index (χ4v) is 5.14. The summed E-state index contributed by atoms with van der Waals surface area (Å²) in [6, 6.07) is 5.36. The number of ether oxygens (including phenoxy) is 3. The second kappa shape index (κ2) is 8.91. The SMILES string of the molecule is COc1cc(CN)c2c(c1CC(=O)O)Sc1c(ccc(OC)c1C(=O)OC(C)(C)C)N2C. The minimum absolute atomic E-state index is 0.237. The van der Waals surface area contributed by atoms with Crippen molar-refractivity contribution in [3.63, 3.8) is 0 Å². The van der Waals surface area contributed by atoms with Crippen LogP contribution >= 0.6 is 11.8 Å². The Morgan fingerprint density at radius 2 is 1.78 bits per heavy atom. The molecule has 32 heavy (non-hydrogen) atoms. The summed E-state index contributed by atoms with van der Waals surface area (Å²) >= 11 is 1.30. The van der Waals surface area contributed by atoms with Crippen LogP contribution in [-0.4, -0.2) is 43.9 Å². The lowest BCUT2D eigenvalue weighted by Gasteiger charge is -2.34. The molecule has 1 aliphatic heterocycles. The molecule has 3 N–H and O–H groups in total. The monoisotopic (exact) mass is 460 g/mol. The molecule has 172 valence electrons. The number of hydrogen-bond acceptors (Lipinski definition) is 8. The summed E-state index contributed by atoms with van der Waals surface area (Å²) in [7, 11) is 4.85. The van der Waals surface area contributed by atoms with Gasteiger partial charge >= 0.3 is 11.9 Å². The standard InChI is InChI=1S/C23H28N2O6S/c1-23(2,3)31-22(28)18-15(29-5)8-7-14-21(18)32-20-13(10-17(26)27)16(30-6)9-12(11-24)19(20)25(14)4/h7-9H,10-11,24H2,1-6H3,(H,26,27). The van der Waals surface area contributed by atoms with Gasteiger partial charge in [0.1, 0.15) is 22.7 Å². The molecule has 0 aliphatic carbocycles. The number of carbonyl (C=O) groups is 2. The Morgan fingerprint density at radius 3 is 2.31 bits per heavy atom. The zero-order chi connectivity index (χ0) is 23.8. The number of carboxylic acid groups (broad SMARTS) is 1. The van der Waals surface area contributed by atoms with E-state index in [1.54, 1.807) is 32.9 Å². The molecule has 0 aromatic heterocycles. The highest BCUT2D eigenvalue weighted by atomic mass is 32.2. The smallest absolute Gasteiger partial charge is 0.343 e. The summed E-state index contributed by atoms with van der Waals surface area (Å²) in [5, 5.41) is 9.53. The number of esters is 1. The van der Waals surface area contributed by atoms with Crippen LogP contribution in [0.25, 0.3) is 0 Å². The van der Waals surface area contributed by atoms with Crippen LogP contribution in [0, 0.1) is 0 Å². The first-order valence-electron chi connectivity index (χ1n) is 10.0.